The Kier molecular flexibility index (Phi) is 3.76. The normalized spacial score (nSPS) is 26.0. The molecule has 2 fully saturated rings. The van der Waals surface area contributed by atoms with E-state index in [1.807, 2.05) is 31.6 Å². The molecule has 2 aliphatic rings. The second-order valence-electron chi connectivity index (χ2n) is 6.35. The Labute approximate surface area is 130 Å². The van der Waals surface area contributed by atoms with Crippen LogP contribution in [-0.2, 0) is 25.4 Å². The molecule has 1 saturated heterocycles. The fraction of sp³-hybridized carbons (Fsp3) is 0.600. The SMILES string of the molecule is C=C1OB(c2cnn(CC3CC3C(=O)OCC)c2)OC1(C)C. The van der Waals surface area contributed by atoms with E-state index in [0.29, 0.717) is 24.8 Å². The molecule has 0 aromatic carbocycles. The van der Waals surface area contributed by atoms with Crippen molar-refractivity contribution in [2.75, 3.05) is 6.61 Å². The van der Waals surface area contributed by atoms with Crippen LogP contribution in [0.25, 0.3) is 0 Å². The van der Waals surface area contributed by atoms with Gasteiger partial charge >= 0.3 is 13.1 Å². The predicted molar refractivity (Wildman–Crippen MR) is 81.2 cm³/mol. The molecule has 1 aromatic rings. The molecule has 22 heavy (non-hydrogen) atoms. The van der Waals surface area contributed by atoms with Gasteiger partial charge in [0.2, 0.25) is 0 Å². The molecule has 2 heterocycles. The van der Waals surface area contributed by atoms with Crippen LogP contribution in [0.5, 0.6) is 0 Å². The summed E-state index contributed by atoms with van der Waals surface area (Å²) in [5.74, 6) is 0.851. The van der Waals surface area contributed by atoms with E-state index in [-0.39, 0.29) is 11.9 Å². The molecular weight excluding hydrogens is 283 g/mol. The summed E-state index contributed by atoms with van der Waals surface area (Å²) in [5, 5.41) is 4.33. The first-order valence-electron chi connectivity index (χ1n) is 7.63. The number of rotatable bonds is 5. The van der Waals surface area contributed by atoms with Crippen LogP contribution in [0.2, 0.25) is 0 Å². The zero-order valence-electron chi connectivity index (χ0n) is 13.2. The number of esters is 1. The third-order valence-electron chi connectivity index (χ3n) is 4.18. The van der Waals surface area contributed by atoms with Crippen LogP contribution in [-0.4, -0.2) is 35.1 Å². The van der Waals surface area contributed by atoms with Crippen molar-refractivity contribution in [3.05, 3.63) is 24.7 Å². The standard InChI is InChI=1S/C15H21BN2O4/c1-5-20-14(19)13-6-11(13)8-18-9-12(7-17-18)16-21-10(2)15(3,4)22-16/h7,9,11,13H,2,5-6,8H2,1,3-4H3. The number of ether oxygens (including phenoxy) is 1. The monoisotopic (exact) mass is 304 g/mol. The Morgan fingerprint density at radius 1 is 1.64 bits per heavy atom. The van der Waals surface area contributed by atoms with E-state index in [1.165, 1.54) is 0 Å². The lowest BCUT2D eigenvalue weighted by Gasteiger charge is -2.15. The van der Waals surface area contributed by atoms with Crippen LogP contribution in [0.1, 0.15) is 27.2 Å². The van der Waals surface area contributed by atoms with Crippen molar-refractivity contribution in [3.63, 3.8) is 0 Å². The summed E-state index contributed by atoms with van der Waals surface area (Å²) >= 11 is 0. The van der Waals surface area contributed by atoms with E-state index in [0.717, 1.165) is 11.9 Å². The van der Waals surface area contributed by atoms with Gasteiger partial charge in [0.15, 0.2) is 0 Å². The lowest BCUT2D eigenvalue weighted by atomic mass is 9.82. The van der Waals surface area contributed by atoms with Crippen molar-refractivity contribution in [2.24, 2.45) is 11.8 Å². The molecule has 1 aliphatic heterocycles. The second-order valence-corrected chi connectivity index (χ2v) is 6.35. The highest BCUT2D eigenvalue weighted by atomic mass is 16.7. The van der Waals surface area contributed by atoms with E-state index >= 15 is 0 Å². The maximum atomic E-state index is 11.6. The number of carbonyl (C=O) groups is 1. The predicted octanol–water partition coefficient (Wildman–Crippen LogP) is 1.12. The Balaban J connectivity index is 1.57. The molecule has 1 saturated carbocycles. The maximum absolute atomic E-state index is 11.6. The van der Waals surface area contributed by atoms with Gasteiger partial charge in [0.25, 0.3) is 0 Å². The van der Waals surface area contributed by atoms with Crippen molar-refractivity contribution in [1.82, 2.24) is 9.78 Å². The molecule has 2 atom stereocenters. The molecule has 0 radical (unpaired) electrons. The molecule has 1 aromatic heterocycles. The first-order valence-corrected chi connectivity index (χ1v) is 7.63. The van der Waals surface area contributed by atoms with Gasteiger partial charge in [-0.2, -0.15) is 5.10 Å². The largest absolute Gasteiger partial charge is 0.566 e. The molecule has 7 heteroatoms. The molecule has 2 unspecified atom stereocenters. The molecule has 0 bridgehead atoms. The van der Waals surface area contributed by atoms with Gasteiger partial charge < -0.3 is 14.0 Å². The average molecular weight is 304 g/mol. The zero-order chi connectivity index (χ0) is 15.9. The topological polar surface area (TPSA) is 62.6 Å². The summed E-state index contributed by atoms with van der Waals surface area (Å²) in [6, 6.07) is 0. The van der Waals surface area contributed by atoms with E-state index in [1.54, 1.807) is 6.20 Å². The number of hydrogen-bond donors (Lipinski definition) is 0. The lowest BCUT2D eigenvalue weighted by Crippen LogP contribution is -2.33. The second kappa shape index (κ2) is 5.46. The van der Waals surface area contributed by atoms with Crippen LogP contribution in [0.3, 0.4) is 0 Å². The number of nitrogens with zero attached hydrogens (tertiary/aromatic N) is 2. The van der Waals surface area contributed by atoms with E-state index in [4.69, 9.17) is 14.0 Å². The smallest absolute Gasteiger partial charge is 0.534 e. The van der Waals surface area contributed by atoms with Crippen LogP contribution in [0.4, 0.5) is 0 Å². The highest BCUT2D eigenvalue weighted by Gasteiger charge is 2.45. The van der Waals surface area contributed by atoms with Gasteiger partial charge in [0.05, 0.1) is 24.5 Å². The quantitative estimate of drug-likeness (QED) is 0.602. The van der Waals surface area contributed by atoms with E-state index < -0.39 is 12.7 Å². The van der Waals surface area contributed by atoms with Crippen molar-refractivity contribution in [2.45, 2.75) is 39.3 Å². The Hall–Kier alpha value is -1.76. The van der Waals surface area contributed by atoms with Crippen molar-refractivity contribution >= 4 is 18.6 Å². The lowest BCUT2D eigenvalue weighted by molar-refractivity contribution is -0.145. The zero-order valence-corrected chi connectivity index (χ0v) is 13.2. The third kappa shape index (κ3) is 2.90. The van der Waals surface area contributed by atoms with Gasteiger partial charge in [0, 0.05) is 18.2 Å². The molecule has 118 valence electrons. The molecule has 6 nitrogen and oxygen atoms in total. The fourth-order valence-corrected chi connectivity index (χ4v) is 2.59. The molecule has 0 N–H and O–H groups in total. The maximum Gasteiger partial charge on any atom is 0.566 e. The number of carbonyl (C=O) groups excluding carboxylic acids is 1. The first kappa shape index (κ1) is 15.2. The van der Waals surface area contributed by atoms with Gasteiger partial charge in [-0.25, -0.2) is 0 Å². The van der Waals surface area contributed by atoms with Gasteiger partial charge in [-0.3, -0.25) is 9.48 Å². The minimum Gasteiger partial charge on any atom is -0.534 e. The van der Waals surface area contributed by atoms with Gasteiger partial charge in [-0.1, -0.05) is 6.58 Å². The number of hydrogen-bond acceptors (Lipinski definition) is 5. The molecule has 0 spiro atoms. The number of aromatic nitrogens is 2. The Bertz CT molecular complexity index is 598. The van der Waals surface area contributed by atoms with Crippen molar-refractivity contribution in [1.29, 1.82) is 0 Å². The fourth-order valence-electron chi connectivity index (χ4n) is 2.59. The summed E-state index contributed by atoms with van der Waals surface area (Å²) < 4.78 is 18.3. The van der Waals surface area contributed by atoms with Crippen LogP contribution >= 0.6 is 0 Å². The van der Waals surface area contributed by atoms with E-state index in [9.17, 15) is 4.79 Å². The first-order chi connectivity index (χ1) is 10.4. The average Bonchev–Trinajstić information content (AvgIpc) is 2.94. The van der Waals surface area contributed by atoms with Crippen LogP contribution in [0.15, 0.2) is 24.7 Å². The molecular formula is C15H21BN2O4. The van der Waals surface area contributed by atoms with E-state index in [2.05, 4.69) is 11.7 Å². The molecule has 1 aliphatic carbocycles. The van der Waals surface area contributed by atoms with Gasteiger partial charge in [-0.15, -0.1) is 0 Å². The summed E-state index contributed by atoms with van der Waals surface area (Å²) in [4.78, 5) is 11.6. The summed E-state index contributed by atoms with van der Waals surface area (Å²) in [6.07, 6.45) is 4.51. The highest BCUT2D eigenvalue weighted by molar-refractivity contribution is 6.62. The summed E-state index contributed by atoms with van der Waals surface area (Å²) in [5.41, 5.74) is 0.373. The Morgan fingerprint density at radius 2 is 2.41 bits per heavy atom. The Morgan fingerprint density at radius 3 is 3.05 bits per heavy atom. The van der Waals surface area contributed by atoms with Crippen LogP contribution < -0.4 is 5.46 Å². The summed E-state index contributed by atoms with van der Waals surface area (Å²) in [6.45, 7) is 10.7. The highest BCUT2D eigenvalue weighted by Crippen LogP contribution is 2.40. The third-order valence-corrected chi connectivity index (χ3v) is 4.18. The molecule has 3 rings (SSSR count). The summed E-state index contributed by atoms with van der Waals surface area (Å²) in [7, 11) is -0.462. The van der Waals surface area contributed by atoms with Crippen molar-refractivity contribution < 1.29 is 18.8 Å². The minimum atomic E-state index is -0.488. The van der Waals surface area contributed by atoms with Crippen LogP contribution in [0, 0.1) is 11.8 Å². The molecule has 0 amide bonds. The van der Waals surface area contributed by atoms with Crippen molar-refractivity contribution in [3.8, 4) is 0 Å². The van der Waals surface area contributed by atoms with Gasteiger partial charge in [0.1, 0.15) is 5.60 Å². The van der Waals surface area contributed by atoms with Gasteiger partial charge in [-0.05, 0) is 33.1 Å². The minimum absolute atomic E-state index is 0.0188.